The molecule has 16 heavy (non-hydrogen) atoms. The molecule has 1 aromatic carbocycles. The summed E-state index contributed by atoms with van der Waals surface area (Å²) in [7, 11) is 0. The van der Waals surface area contributed by atoms with Gasteiger partial charge in [-0.2, -0.15) is 0 Å². The van der Waals surface area contributed by atoms with Gasteiger partial charge in [0.2, 0.25) is 0 Å². The van der Waals surface area contributed by atoms with Crippen molar-refractivity contribution in [2.24, 2.45) is 11.7 Å². The molecule has 1 fully saturated rings. The van der Waals surface area contributed by atoms with Crippen LogP contribution in [0.25, 0.3) is 0 Å². The zero-order valence-electron chi connectivity index (χ0n) is 10.3. The van der Waals surface area contributed by atoms with E-state index in [-0.39, 0.29) is 0 Å². The molecular weight excluding hydrogens is 196 g/mol. The minimum Gasteiger partial charge on any atom is -0.370 e. The Morgan fingerprint density at radius 2 is 1.94 bits per heavy atom. The Balaban J connectivity index is 2.00. The molecule has 2 rings (SSSR count). The van der Waals surface area contributed by atoms with Gasteiger partial charge in [0.05, 0.1) is 0 Å². The maximum atomic E-state index is 6.18. The maximum Gasteiger partial charge on any atom is 0.0366 e. The second-order valence-corrected chi connectivity index (χ2v) is 4.88. The van der Waals surface area contributed by atoms with E-state index < -0.39 is 0 Å². The van der Waals surface area contributed by atoms with Crippen LogP contribution in [0.3, 0.4) is 0 Å². The molecule has 1 atom stereocenters. The topological polar surface area (TPSA) is 29.3 Å². The Morgan fingerprint density at radius 1 is 1.31 bits per heavy atom. The third-order valence-electron chi connectivity index (χ3n) is 3.44. The van der Waals surface area contributed by atoms with Gasteiger partial charge in [-0.05, 0) is 44.7 Å². The lowest BCUT2D eigenvalue weighted by Crippen LogP contribution is -2.38. The first kappa shape index (κ1) is 11.5. The molecule has 1 saturated carbocycles. The Morgan fingerprint density at radius 3 is 2.44 bits per heavy atom. The van der Waals surface area contributed by atoms with E-state index in [1.807, 2.05) is 0 Å². The summed E-state index contributed by atoms with van der Waals surface area (Å²) in [6, 6.07) is 9.07. The van der Waals surface area contributed by atoms with Crippen molar-refractivity contribution in [1.29, 1.82) is 0 Å². The minimum absolute atomic E-state index is 0.348. The zero-order chi connectivity index (χ0) is 11.5. The summed E-state index contributed by atoms with van der Waals surface area (Å²) < 4.78 is 0. The minimum atomic E-state index is 0.348. The Hall–Kier alpha value is -1.02. The van der Waals surface area contributed by atoms with Gasteiger partial charge in [0, 0.05) is 24.8 Å². The molecule has 2 N–H and O–H groups in total. The van der Waals surface area contributed by atoms with Gasteiger partial charge in [-0.25, -0.2) is 0 Å². The van der Waals surface area contributed by atoms with Gasteiger partial charge >= 0.3 is 0 Å². The van der Waals surface area contributed by atoms with Crippen LogP contribution in [-0.2, 0) is 0 Å². The highest BCUT2D eigenvalue weighted by atomic mass is 15.1. The molecule has 1 aliphatic carbocycles. The van der Waals surface area contributed by atoms with Crippen molar-refractivity contribution in [3.8, 4) is 0 Å². The van der Waals surface area contributed by atoms with Crippen molar-refractivity contribution in [3.63, 3.8) is 0 Å². The van der Waals surface area contributed by atoms with E-state index in [1.54, 1.807) is 0 Å². The van der Waals surface area contributed by atoms with E-state index in [0.29, 0.717) is 6.04 Å². The molecule has 0 aromatic heterocycles. The van der Waals surface area contributed by atoms with E-state index in [0.717, 1.165) is 19.0 Å². The van der Waals surface area contributed by atoms with E-state index in [4.69, 9.17) is 5.73 Å². The highest BCUT2D eigenvalue weighted by Gasteiger charge is 2.29. The van der Waals surface area contributed by atoms with Crippen LogP contribution in [0, 0.1) is 12.8 Å². The van der Waals surface area contributed by atoms with Crippen molar-refractivity contribution in [2.45, 2.75) is 32.7 Å². The summed E-state index contributed by atoms with van der Waals surface area (Å²) in [5.41, 5.74) is 8.79. The standard InChI is InChI=1S/C14H22N2/c1-3-16(10-14(15)12-6-7-12)13-8-4-11(2)5-9-13/h4-5,8-9,12,14H,3,6-7,10,15H2,1-2H3. The normalized spacial score (nSPS) is 17.2. The largest absolute Gasteiger partial charge is 0.370 e. The molecule has 0 bridgehead atoms. The van der Waals surface area contributed by atoms with Crippen molar-refractivity contribution in [3.05, 3.63) is 29.8 Å². The highest BCUT2D eigenvalue weighted by molar-refractivity contribution is 5.47. The van der Waals surface area contributed by atoms with E-state index in [9.17, 15) is 0 Å². The number of nitrogens with two attached hydrogens (primary N) is 1. The van der Waals surface area contributed by atoms with Gasteiger partial charge in [0.15, 0.2) is 0 Å². The quantitative estimate of drug-likeness (QED) is 0.823. The highest BCUT2D eigenvalue weighted by Crippen LogP contribution is 2.32. The number of rotatable bonds is 5. The predicted molar refractivity (Wildman–Crippen MR) is 69.8 cm³/mol. The molecule has 1 aromatic rings. The second kappa shape index (κ2) is 4.88. The van der Waals surface area contributed by atoms with Crippen LogP contribution in [0.1, 0.15) is 25.3 Å². The second-order valence-electron chi connectivity index (χ2n) is 4.88. The lowest BCUT2D eigenvalue weighted by molar-refractivity contribution is 0.577. The summed E-state index contributed by atoms with van der Waals surface area (Å²) in [5, 5.41) is 0. The SMILES string of the molecule is CCN(CC(N)C1CC1)c1ccc(C)cc1. The first-order chi connectivity index (χ1) is 7.70. The number of anilines is 1. The fourth-order valence-corrected chi connectivity index (χ4v) is 2.10. The molecular formula is C14H22N2. The molecule has 88 valence electrons. The van der Waals surface area contributed by atoms with Gasteiger partial charge in [-0.1, -0.05) is 17.7 Å². The van der Waals surface area contributed by atoms with E-state index in [2.05, 4.69) is 43.0 Å². The van der Waals surface area contributed by atoms with Gasteiger partial charge < -0.3 is 10.6 Å². The van der Waals surface area contributed by atoms with Crippen LogP contribution in [-0.4, -0.2) is 19.1 Å². The van der Waals surface area contributed by atoms with Crippen molar-refractivity contribution < 1.29 is 0 Å². The number of hydrogen-bond donors (Lipinski definition) is 1. The average molecular weight is 218 g/mol. The number of benzene rings is 1. The Bertz CT molecular complexity index is 327. The van der Waals surface area contributed by atoms with Crippen molar-refractivity contribution in [2.75, 3.05) is 18.0 Å². The molecule has 0 amide bonds. The average Bonchev–Trinajstić information content (AvgIpc) is 3.11. The fourth-order valence-electron chi connectivity index (χ4n) is 2.10. The number of aryl methyl sites for hydroxylation is 1. The summed E-state index contributed by atoms with van der Waals surface area (Å²) in [6.07, 6.45) is 2.65. The monoisotopic (exact) mass is 218 g/mol. The summed E-state index contributed by atoms with van der Waals surface area (Å²) in [4.78, 5) is 2.38. The predicted octanol–water partition coefficient (Wildman–Crippen LogP) is 2.56. The number of nitrogens with zero attached hydrogens (tertiary/aromatic N) is 1. The molecule has 0 spiro atoms. The smallest absolute Gasteiger partial charge is 0.0366 e. The van der Waals surface area contributed by atoms with Gasteiger partial charge in [0.1, 0.15) is 0 Å². The summed E-state index contributed by atoms with van der Waals surface area (Å²) in [6.45, 7) is 6.34. The molecule has 0 saturated heterocycles. The van der Waals surface area contributed by atoms with Crippen LogP contribution < -0.4 is 10.6 Å². The van der Waals surface area contributed by atoms with Crippen LogP contribution in [0.5, 0.6) is 0 Å². The Kier molecular flexibility index (Phi) is 3.49. The lowest BCUT2D eigenvalue weighted by Gasteiger charge is -2.26. The van der Waals surface area contributed by atoms with E-state index in [1.165, 1.54) is 24.1 Å². The molecule has 1 aliphatic rings. The number of hydrogen-bond acceptors (Lipinski definition) is 2. The van der Waals surface area contributed by atoms with Gasteiger partial charge in [0.25, 0.3) is 0 Å². The maximum absolute atomic E-state index is 6.18. The molecule has 0 radical (unpaired) electrons. The first-order valence-electron chi connectivity index (χ1n) is 6.28. The van der Waals surface area contributed by atoms with Crippen LogP contribution in [0.2, 0.25) is 0 Å². The molecule has 2 nitrogen and oxygen atoms in total. The van der Waals surface area contributed by atoms with Crippen LogP contribution in [0.15, 0.2) is 24.3 Å². The van der Waals surface area contributed by atoms with Crippen molar-refractivity contribution >= 4 is 5.69 Å². The third-order valence-corrected chi connectivity index (χ3v) is 3.44. The third kappa shape index (κ3) is 2.76. The van der Waals surface area contributed by atoms with E-state index >= 15 is 0 Å². The summed E-state index contributed by atoms with van der Waals surface area (Å²) in [5.74, 6) is 0.777. The van der Waals surface area contributed by atoms with Crippen LogP contribution >= 0.6 is 0 Å². The van der Waals surface area contributed by atoms with Gasteiger partial charge in [-0.3, -0.25) is 0 Å². The summed E-state index contributed by atoms with van der Waals surface area (Å²) >= 11 is 0. The van der Waals surface area contributed by atoms with Crippen LogP contribution in [0.4, 0.5) is 5.69 Å². The molecule has 0 aliphatic heterocycles. The Labute approximate surface area is 98.4 Å². The number of likely N-dealkylation sites (N-methyl/N-ethyl adjacent to an activating group) is 1. The fraction of sp³-hybridized carbons (Fsp3) is 0.571. The molecule has 0 heterocycles. The zero-order valence-corrected chi connectivity index (χ0v) is 10.3. The first-order valence-corrected chi connectivity index (χ1v) is 6.28. The van der Waals surface area contributed by atoms with Gasteiger partial charge in [-0.15, -0.1) is 0 Å². The lowest BCUT2D eigenvalue weighted by atomic mass is 10.1. The molecule has 1 unspecified atom stereocenters. The molecule has 2 heteroatoms. The van der Waals surface area contributed by atoms with Crippen molar-refractivity contribution in [1.82, 2.24) is 0 Å².